The minimum absolute atomic E-state index is 0.180. The fourth-order valence-electron chi connectivity index (χ4n) is 3.33. The predicted octanol–water partition coefficient (Wildman–Crippen LogP) is 2.60. The van der Waals surface area contributed by atoms with Crippen molar-refractivity contribution >= 4 is 23.3 Å². The zero-order valence-electron chi connectivity index (χ0n) is 15.4. The number of nitrogens with zero attached hydrogens (tertiary/aromatic N) is 6. The molecular weight excluding hydrogens is 376 g/mol. The summed E-state index contributed by atoms with van der Waals surface area (Å²) in [7, 11) is 0. The van der Waals surface area contributed by atoms with E-state index in [1.807, 2.05) is 47.5 Å². The van der Waals surface area contributed by atoms with Crippen LogP contribution < -0.4 is 4.90 Å². The van der Waals surface area contributed by atoms with Gasteiger partial charge in [-0.2, -0.15) is 5.10 Å². The summed E-state index contributed by atoms with van der Waals surface area (Å²) in [6, 6.07) is 11.5. The Bertz CT molecular complexity index is 937. The lowest BCUT2D eigenvalue weighted by molar-refractivity contribution is -0.131. The quantitative estimate of drug-likeness (QED) is 0.663. The van der Waals surface area contributed by atoms with Crippen molar-refractivity contribution in [3.8, 4) is 5.82 Å². The molecule has 2 aromatic heterocycles. The Labute approximate surface area is 168 Å². The third-order valence-corrected chi connectivity index (χ3v) is 5.09. The fourth-order valence-corrected chi connectivity index (χ4v) is 3.54. The van der Waals surface area contributed by atoms with Crippen LogP contribution in [-0.2, 0) is 11.2 Å². The fraction of sp³-hybridized carbons (Fsp3) is 0.300. The van der Waals surface area contributed by atoms with Crippen molar-refractivity contribution in [1.29, 1.82) is 0 Å². The number of amides is 1. The number of anilines is 1. The lowest BCUT2D eigenvalue weighted by atomic mass is 10.1. The molecule has 1 aromatic carbocycles. The molecule has 0 saturated carbocycles. The molecule has 1 saturated heterocycles. The van der Waals surface area contributed by atoms with Crippen molar-refractivity contribution in [1.82, 2.24) is 24.6 Å². The third kappa shape index (κ3) is 4.31. The Morgan fingerprint density at radius 2 is 1.86 bits per heavy atom. The highest BCUT2D eigenvalue weighted by atomic mass is 35.5. The average molecular weight is 397 g/mol. The number of aryl methyl sites for hydroxylation is 1. The molecule has 0 N–H and O–H groups in total. The Morgan fingerprint density at radius 3 is 2.61 bits per heavy atom. The van der Waals surface area contributed by atoms with Gasteiger partial charge in [0.15, 0.2) is 5.82 Å². The summed E-state index contributed by atoms with van der Waals surface area (Å²) in [5, 5.41) is 4.91. The topological polar surface area (TPSA) is 67.2 Å². The van der Waals surface area contributed by atoms with Gasteiger partial charge in [-0.3, -0.25) is 4.79 Å². The maximum Gasteiger partial charge on any atom is 0.223 e. The molecule has 0 spiro atoms. The zero-order chi connectivity index (χ0) is 19.3. The first-order chi connectivity index (χ1) is 13.7. The molecule has 3 aromatic rings. The minimum atomic E-state index is 0.180. The molecule has 4 rings (SSSR count). The second kappa shape index (κ2) is 8.39. The number of piperazine rings is 1. The van der Waals surface area contributed by atoms with E-state index < -0.39 is 0 Å². The van der Waals surface area contributed by atoms with Crippen LogP contribution in [0, 0.1) is 0 Å². The number of carbonyl (C=O) groups excluding carboxylic acids is 1. The smallest absolute Gasteiger partial charge is 0.223 e. The van der Waals surface area contributed by atoms with Crippen LogP contribution in [0.4, 0.5) is 5.82 Å². The van der Waals surface area contributed by atoms with Crippen molar-refractivity contribution in [2.24, 2.45) is 0 Å². The van der Waals surface area contributed by atoms with E-state index in [1.165, 1.54) is 0 Å². The summed E-state index contributed by atoms with van der Waals surface area (Å²) < 4.78 is 1.71. The van der Waals surface area contributed by atoms with E-state index in [9.17, 15) is 4.79 Å². The second-order valence-corrected chi connectivity index (χ2v) is 7.12. The first kappa shape index (κ1) is 18.4. The highest BCUT2D eigenvalue weighted by Crippen LogP contribution is 2.17. The zero-order valence-corrected chi connectivity index (χ0v) is 16.2. The van der Waals surface area contributed by atoms with Gasteiger partial charge in [-0.05, 0) is 30.2 Å². The van der Waals surface area contributed by atoms with Gasteiger partial charge in [-0.25, -0.2) is 14.6 Å². The van der Waals surface area contributed by atoms with Crippen LogP contribution in [-0.4, -0.2) is 56.7 Å². The van der Waals surface area contributed by atoms with Gasteiger partial charge in [0.05, 0.1) is 0 Å². The van der Waals surface area contributed by atoms with E-state index in [2.05, 4.69) is 20.0 Å². The van der Waals surface area contributed by atoms with E-state index in [4.69, 9.17) is 11.6 Å². The van der Waals surface area contributed by atoms with Crippen LogP contribution >= 0.6 is 11.6 Å². The molecule has 1 aliphatic heterocycles. The number of benzene rings is 1. The molecule has 28 heavy (non-hydrogen) atoms. The van der Waals surface area contributed by atoms with E-state index in [1.54, 1.807) is 17.2 Å². The first-order valence-electron chi connectivity index (χ1n) is 9.28. The van der Waals surface area contributed by atoms with E-state index >= 15 is 0 Å². The highest BCUT2D eigenvalue weighted by molar-refractivity contribution is 6.30. The van der Waals surface area contributed by atoms with Crippen molar-refractivity contribution in [3.63, 3.8) is 0 Å². The molecule has 8 heteroatoms. The van der Waals surface area contributed by atoms with Crippen LogP contribution in [0.5, 0.6) is 0 Å². The predicted molar refractivity (Wildman–Crippen MR) is 108 cm³/mol. The van der Waals surface area contributed by atoms with Gasteiger partial charge >= 0.3 is 0 Å². The average Bonchev–Trinajstić information content (AvgIpc) is 3.27. The Morgan fingerprint density at radius 1 is 1.04 bits per heavy atom. The molecular formula is C20H21ClN6O. The largest absolute Gasteiger partial charge is 0.353 e. The number of aromatic nitrogens is 4. The van der Waals surface area contributed by atoms with Crippen LogP contribution in [0.15, 0.2) is 55.1 Å². The molecule has 1 fully saturated rings. The minimum Gasteiger partial charge on any atom is -0.353 e. The second-order valence-electron chi connectivity index (χ2n) is 6.68. The first-order valence-corrected chi connectivity index (χ1v) is 9.66. The standard InChI is InChI=1S/C20H21ClN6O/c21-17-4-1-3-16(13-17)5-6-20(28)26-11-9-25(10-12-26)18-14-19(23-15-22-18)27-8-2-7-24-27/h1-4,7-8,13-15H,5-6,9-12H2. The van der Waals surface area contributed by atoms with Crippen LogP contribution in [0.25, 0.3) is 5.82 Å². The van der Waals surface area contributed by atoms with Gasteiger partial charge in [-0.1, -0.05) is 23.7 Å². The number of hydrogen-bond acceptors (Lipinski definition) is 5. The summed E-state index contributed by atoms with van der Waals surface area (Å²) in [6.45, 7) is 2.88. The monoisotopic (exact) mass is 396 g/mol. The number of halogens is 1. The SMILES string of the molecule is O=C(CCc1cccc(Cl)c1)N1CCN(c2cc(-n3cccn3)ncn2)CC1. The van der Waals surface area contributed by atoms with Crippen LogP contribution in [0.3, 0.4) is 0 Å². The van der Waals surface area contributed by atoms with Gasteiger partial charge in [0.25, 0.3) is 0 Å². The normalized spacial score (nSPS) is 14.3. The summed E-state index contributed by atoms with van der Waals surface area (Å²) in [5.41, 5.74) is 1.09. The maximum atomic E-state index is 12.5. The number of carbonyl (C=O) groups is 1. The molecule has 1 amide bonds. The van der Waals surface area contributed by atoms with Gasteiger partial charge in [0.2, 0.25) is 5.91 Å². The van der Waals surface area contributed by atoms with Crippen molar-refractivity contribution in [3.05, 3.63) is 65.7 Å². The van der Waals surface area contributed by atoms with Gasteiger partial charge in [0.1, 0.15) is 12.1 Å². The van der Waals surface area contributed by atoms with Crippen LogP contribution in [0.1, 0.15) is 12.0 Å². The van der Waals surface area contributed by atoms with E-state index in [0.29, 0.717) is 31.0 Å². The lowest BCUT2D eigenvalue weighted by Crippen LogP contribution is -2.49. The lowest BCUT2D eigenvalue weighted by Gasteiger charge is -2.35. The molecule has 0 unspecified atom stereocenters. The third-order valence-electron chi connectivity index (χ3n) is 4.85. The summed E-state index contributed by atoms with van der Waals surface area (Å²) >= 11 is 6.01. The summed E-state index contributed by atoms with van der Waals surface area (Å²) in [5.74, 6) is 1.76. The van der Waals surface area contributed by atoms with Crippen LogP contribution in [0.2, 0.25) is 5.02 Å². The Balaban J connectivity index is 1.32. The van der Waals surface area contributed by atoms with E-state index in [-0.39, 0.29) is 5.91 Å². The maximum absolute atomic E-state index is 12.5. The van der Waals surface area contributed by atoms with E-state index in [0.717, 1.165) is 30.3 Å². The number of rotatable bonds is 5. The molecule has 0 atom stereocenters. The van der Waals surface area contributed by atoms with Gasteiger partial charge < -0.3 is 9.80 Å². The molecule has 1 aliphatic rings. The van der Waals surface area contributed by atoms with Crippen molar-refractivity contribution < 1.29 is 4.79 Å². The Kier molecular flexibility index (Phi) is 5.53. The highest BCUT2D eigenvalue weighted by Gasteiger charge is 2.22. The summed E-state index contributed by atoms with van der Waals surface area (Å²) in [6.07, 6.45) is 6.32. The Hall–Kier alpha value is -2.93. The molecule has 144 valence electrons. The van der Waals surface area contributed by atoms with Crippen molar-refractivity contribution in [2.75, 3.05) is 31.1 Å². The molecule has 0 aliphatic carbocycles. The van der Waals surface area contributed by atoms with Crippen molar-refractivity contribution in [2.45, 2.75) is 12.8 Å². The van der Waals surface area contributed by atoms with Gasteiger partial charge in [-0.15, -0.1) is 0 Å². The number of hydrogen-bond donors (Lipinski definition) is 0. The molecule has 3 heterocycles. The molecule has 0 bridgehead atoms. The van der Waals surface area contributed by atoms with Gasteiger partial charge in [0, 0.05) is 56.1 Å². The molecule has 7 nitrogen and oxygen atoms in total. The molecule has 0 radical (unpaired) electrons. The summed E-state index contributed by atoms with van der Waals surface area (Å²) in [4.78, 5) is 25.3.